The van der Waals surface area contributed by atoms with E-state index >= 15 is 0 Å². The largest absolute Gasteiger partial charge is 0.478 e. The molecule has 2 atom stereocenters. The van der Waals surface area contributed by atoms with E-state index in [0.29, 0.717) is 11.6 Å². The number of rotatable bonds is 2. The molecule has 1 N–H and O–H groups in total. The highest BCUT2D eigenvalue weighted by Crippen LogP contribution is 2.37. The van der Waals surface area contributed by atoms with Crippen molar-refractivity contribution in [1.29, 1.82) is 0 Å². The molecule has 0 amide bonds. The summed E-state index contributed by atoms with van der Waals surface area (Å²) in [6, 6.07) is 3.95. The number of piperidine rings is 1. The highest BCUT2D eigenvalue weighted by atomic mass is 16.4. The number of aromatic carboxylic acids is 1. The molecule has 2 aliphatic rings. The minimum atomic E-state index is -0.867. The van der Waals surface area contributed by atoms with E-state index in [9.17, 15) is 9.90 Å². The average molecular weight is 274 g/mol. The third-order valence-corrected chi connectivity index (χ3v) is 4.72. The van der Waals surface area contributed by atoms with Gasteiger partial charge in [-0.15, -0.1) is 0 Å². The second kappa shape index (κ2) is 5.43. The molecular formula is C16H22N2O2. The van der Waals surface area contributed by atoms with Gasteiger partial charge < -0.3 is 10.0 Å². The molecule has 0 bridgehead atoms. The van der Waals surface area contributed by atoms with Crippen molar-refractivity contribution >= 4 is 11.8 Å². The summed E-state index contributed by atoms with van der Waals surface area (Å²) in [5, 5.41) is 9.22. The Morgan fingerprint density at radius 1 is 1.25 bits per heavy atom. The van der Waals surface area contributed by atoms with Crippen molar-refractivity contribution in [1.82, 2.24) is 4.98 Å². The number of carboxylic acid groups (broad SMARTS) is 1. The molecule has 0 radical (unpaired) electrons. The predicted molar refractivity (Wildman–Crippen MR) is 78.3 cm³/mol. The standard InChI is InChI=1S/C16H22N2O2/c1-11-9-13(16(19)20)10-15(17-11)18-8-4-6-12-5-2-3-7-14(12)18/h9-10,12,14H,2-8H2,1H3,(H,19,20)/t12-,14-/m1/s1. The van der Waals surface area contributed by atoms with Crippen LogP contribution in [0.1, 0.15) is 54.6 Å². The van der Waals surface area contributed by atoms with Crippen LogP contribution in [0.3, 0.4) is 0 Å². The van der Waals surface area contributed by atoms with Gasteiger partial charge in [-0.25, -0.2) is 9.78 Å². The van der Waals surface area contributed by atoms with Crippen LogP contribution in [-0.4, -0.2) is 28.6 Å². The molecule has 2 heterocycles. The van der Waals surface area contributed by atoms with Gasteiger partial charge in [-0.3, -0.25) is 0 Å². The molecule has 1 aliphatic carbocycles. The number of anilines is 1. The molecular weight excluding hydrogens is 252 g/mol. The van der Waals surface area contributed by atoms with Crippen LogP contribution in [0.5, 0.6) is 0 Å². The maximum absolute atomic E-state index is 11.2. The zero-order chi connectivity index (χ0) is 14.1. The Balaban J connectivity index is 1.92. The normalized spacial score (nSPS) is 26.1. The number of pyridine rings is 1. The van der Waals surface area contributed by atoms with Crippen LogP contribution in [0.2, 0.25) is 0 Å². The summed E-state index contributed by atoms with van der Waals surface area (Å²) in [4.78, 5) is 18.2. The summed E-state index contributed by atoms with van der Waals surface area (Å²) in [5.41, 5.74) is 1.14. The number of carbonyl (C=O) groups is 1. The van der Waals surface area contributed by atoms with Crippen LogP contribution in [0.25, 0.3) is 0 Å². The average Bonchev–Trinajstić information content (AvgIpc) is 2.46. The van der Waals surface area contributed by atoms with Crippen molar-refractivity contribution in [2.75, 3.05) is 11.4 Å². The molecule has 108 valence electrons. The van der Waals surface area contributed by atoms with E-state index in [4.69, 9.17) is 0 Å². The van der Waals surface area contributed by atoms with E-state index in [1.54, 1.807) is 12.1 Å². The number of aromatic nitrogens is 1. The van der Waals surface area contributed by atoms with E-state index in [1.807, 2.05) is 6.92 Å². The lowest BCUT2D eigenvalue weighted by molar-refractivity contribution is 0.0696. The van der Waals surface area contributed by atoms with Gasteiger partial charge in [0.25, 0.3) is 0 Å². The van der Waals surface area contributed by atoms with Gasteiger partial charge in [0.2, 0.25) is 0 Å². The molecule has 2 fully saturated rings. The number of aryl methyl sites for hydroxylation is 1. The van der Waals surface area contributed by atoms with Crippen molar-refractivity contribution in [3.63, 3.8) is 0 Å². The van der Waals surface area contributed by atoms with E-state index in [2.05, 4.69) is 9.88 Å². The summed E-state index contributed by atoms with van der Waals surface area (Å²) < 4.78 is 0. The quantitative estimate of drug-likeness (QED) is 0.899. The number of carboxylic acids is 1. The molecule has 0 unspecified atom stereocenters. The molecule has 4 nitrogen and oxygen atoms in total. The summed E-state index contributed by atoms with van der Waals surface area (Å²) >= 11 is 0. The van der Waals surface area contributed by atoms with Gasteiger partial charge in [0.05, 0.1) is 5.56 Å². The third-order valence-electron chi connectivity index (χ3n) is 4.72. The van der Waals surface area contributed by atoms with Crippen LogP contribution in [-0.2, 0) is 0 Å². The summed E-state index contributed by atoms with van der Waals surface area (Å²) in [6.07, 6.45) is 7.69. The summed E-state index contributed by atoms with van der Waals surface area (Å²) in [7, 11) is 0. The number of hydrogen-bond acceptors (Lipinski definition) is 3. The fraction of sp³-hybridized carbons (Fsp3) is 0.625. The second-order valence-electron chi connectivity index (χ2n) is 6.11. The first-order valence-corrected chi connectivity index (χ1v) is 7.64. The van der Waals surface area contributed by atoms with Gasteiger partial charge >= 0.3 is 5.97 Å². The smallest absolute Gasteiger partial charge is 0.335 e. The molecule has 1 aliphatic heterocycles. The fourth-order valence-electron chi connectivity index (χ4n) is 3.83. The third kappa shape index (κ3) is 2.51. The van der Waals surface area contributed by atoms with Crippen molar-refractivity contribution in [2.45, 2.75) is 51.5 Å². The Kier molecular flexibility index (Phi) is 3.64. The SMILES string of the molecule is Cc1cc(C(=O)O)cc(N2CCC[C@H]3CCCC[C@H]32)n1. The predicted octanol–water partition coefficient (Wildman–Crippen LogP) is 3.25. The van der Waals surface area contributed by atoms with Crippen LogP contribution in [0.15, 0.2) is 12.1 Å². The molecule has 1 aromatic rings. The minimum Gasteiger partial charge on any atom is -0.478 e. The summed E-state index contributed by atoms with van der Waals surface area (Å²) in [6.45, 7) is 2.88. The highest BCUT2D eigenvalue weighted by molar-refractivity contribution is 5.88. The molecule has 1 saturated heterocycles. The first kappa shape index (κ1) is 13.4. The lowest BCUT2D eigenvalue weighted by atomic mass is 9.78. The number of nitrogens with zero attached hydrogens (tertiary/aromatic N) is 2. The summed E-state index contributed by atoms with van der Waals surface area (Å²) in [5.74, 6) is 0.765. The monoisotopic (exact) mass is 274 g/mol. The number of hydrogen-bond donors (Lipinski definition) is 1. The minimum absolute atomic E-state index is 0.352. The zero-order valence-electron chi connectivity index (χ0n) is 12.0. The van der Waals surface area contributed by atoms with E-state index < -0.39 is 5.97 Å². The van der Waals surface area contributed by atoms with E-state index in [0.717, 1.165) is 24.0 Å². The molecule has 1 saturated carbocycles. The van der Waals surface area contributed by atoms with Gasteiger partial charge in [0.15, 0.2) is 0 Å². The number of fused-ring (bicyclic) bond motifs is 1. The van der Waals surface area contributed by atoms with Crippen LogP contribution >= 0.6 is 0 Å². The van der Waals surface area contributed by atoms with Crippen molar-refractivity contribution in [3.05, 3.63) is 23.4 Å². The fourth-order valence-corrected chi connectivity index (χ4v) is 3.83. The molecule has 20 heavy (non-hydrogen) atoms. The van der Waals surface area contributed by atoms with E-state index in [-0.39, 0.29) is 0 Å². The molecule has 0 aromatic carbocycles. The molecule has 4 heteroatoms. The zero-order valence-corrected chi connectivity index (χ0v) is 12.0. The van der Waals surface area contributed by atoms with Crippen molar-refractivity contribution < 1.29 is 9.90 Å². The maximum Gasteiger partial charge on any atom is 0.335 e. The lowest BCUT2D eigenvalue weighted by Gasteiger charge is -2.45. The molecule has 0 spiro atoms. The lowest BCUT2D eigenvalue weighted by Crippen LogP contribution is -2.47. The van der Waals surface area contributed by atoms with Gasteiger partial charge in [0, 0.05) is 18.3 Å². The highest BCUT2D eigenvalue weighted by Gasteiger charge is 2.34. The Morgan fingerprint density at radius 3 is 2.80 bits per heavy atom. The van der Waals surface area contributed by atoms with Crippen molar-refractivity contribution in [2.24, 2.45) is 5.92 Å². The topological polar surface area (TPSA) is 53.4 Å². The Hall–Kier alpha value is -1.58. The first-order chi connectivity index (χ1) is 9.65. The van der Waals surface area contributed by atoms with Crippen molar-refractivity contribution in [3.8, 4) is 0 Å². The maximum atomic E-state index is 11.2. The van der Waals surface area contributed by atoms with Crippen LogP contribution < -0.4 is 4.90 Å². The Bertz CT molecular complexity index is 513. The molecule has 3 rings (SSSR count). The first-order valence-electron chi connectivity index (χ1n) is 7.64. The Morgan fingerprint density at radius 2 is 2.00 bits per heavy atom. The van der Waals surface area contributed by atoms with Gasteiger partial charge in [-0.1, -0.05) is 12.8 Å². The van der Waals surface area contributed by atoms with Gasteiger partial charge in [0.1, 0.15) is 5.82 Å². The van der Waals surface area contributed by atoms with Crippen LogP contribution in [0.4, 0.5) is 5.82 Å². The molecule has 1 aromatic heterocycles. The van der Waals surface area contributed by atoms with E-state index in [1.165, 1.54) is 38.5 Å². The Labute approximate surface area is 119 Å². The van der Waals surface area contributed by atoms with Crippen LogP contribution in [0, 0.1) is 12.8 Å². The van der Waals surface area contributed by atoms with Gasteiger partial charge in [-0.2, -0.15) is 0 Å². The van der Waals surface area contributed by atoms with Gasteiger partial charge in [-0.05, 0) is 50.7 Å². The second-order valence-corrected chi connectivity index (χ2v) is 6.11.